The van der Waals surface area contributed by atoms with E-state index in [4.69, 9.17) is 4.74 Å². The number of nitrogens with zero attached hydrogens (tertiary/aromatic N) is 1. The van der Waals surface area contributed by atoms with E-state index in [-0.39, 0.29) is 17.3 Å². The fraction of sp³-hybridized carbons (Fsp3) is 0.435. The molecule has 1 aliphatic rings. The van der Waals surface area contributed by atoms with Crippen LogP contribution in [0.4, 0.5) is 5.69 Å². The van der Waals surface area contributed by atoms with Crippen LogP contribution < -0.4 is 14.4 Å². The number of anilines is 1. The first-order valence-corrected chi connectivity index (χ1v) is 12.0. The van der Waals surface area contributed by atoms with Crippen LogP contribution in [0.1, 0.15) is 39.0 Å². The standard InChI is InChI=1S/C23H30N2O4S/c1-2-29-21-15-13-20(14-16-21)25(30(27,28)22-11-7-4-8-12-22)18-23(26)24-17-19-9-5-3-6-10-19/h4,7-8,11-16,19H,2-3,5-6,9-10,17-18H2,1H3,(H,24,26). The lowest BCUT2D eigenvalue weighted by atomic mass is 9.89. The van der Waals surface area contributed by atoms with Crippen molar-refractivity contribution in [2.75, 3.05) is 24.0 Å². The number of hydrogen-bond acceptors (Lipinski definition) is 4. The molecule has 0 aliphatic heterocycles. The molecule has 1 amide bonds. The van der Waals surface area contributed by atoms with E-state index in [1.54, 1.807) is 42.5 Å². The van der Waals surface area contributed by atoms with Crippen molar-refractivity contribution >= 4 is 21.6 Å². The van der Waals surface area contributed by atoms with Crippen LogP contribution in [0.5, 0.6) is 5.75 Å². The molecule has 1 aliphatic carbocycles. The van der Waals surface area contributed by atoms with Crippen molar-refractivity contribution in [3.05, 3.63) is 54.6 Å². The molecule has 1 saturated carbocycles. The van der Waals surface area contributed by atoms with Crippen molar-refractivity contribution in [3.63, 3.8) is 0 Å². The summed E-state index contributed by atoms with van der Waals surface area (Å²) in [5.41, 5.74) is 0.426. The second-order valence-corrected chi connectivity index (χ2v) is 9.42. The van der Waals surface area contributed by atoms with Gasteiger partial charge in [0.1, 0.15) is 12.3 Å². The SMILES string of the molecule is CCOc1ccc(N(CC(=O)NCC2CCCCC2)S(=O)(=O)c2ccccc2)cc1. The van der Waals surface area contributed by atoms with Gasteiger partial charge >= 0.3 is 0 Å². The molecule has 30 heavy (non-hydrogen) atoms. The maximum Gasteiger partial charge on any atom is 0.264 e. The Bertz CT molecular complexity index is 908. The smallest absolute Gasteiger partial charge is 0.264 e. The summed E-state index contributed by atoms with van der Waals surface area (Å²) in [6.45, 7) is 2.74. The molecule has 6 nitrogen and oxygen atoms in total. The summed E-state index contributed by atoms with van der Waals surface area (Å²) >= 11 is 0. The Morgan fingerprint density at radius 3 is 2.33 bits per heavy atom. The Morgan fingerprint density at radius 1 is 1.03 bits per heavy atom. The van der Waals surface area contributed by atoms with E-state index in [1.165, 1.54) is 31.4 Å². The number of amides is 1. The highest BCUT2D eigenvalue weighted by Crippen LogP contribution is 2.26. The van der Waals surface area contributed by atoms with E-state index in [1.807, 2.05) is 6.92 Å². The van der Waals surface area contributed by atoms with Crippen LogP contribution in [0.15, 0.2) is 59.5 Å². The van der Waals surface area contributed by atoms with Crippen molar-refractivity contribution in [2.45, 2.75) is 43.9 Å². The van der Waals surface area contributed by atoms with Crippen molar-refractivity contribution in [3.8, 4) is 5.75 Å². The molecule has 0 heterocycles. The van der Waals surface area contributed by atoms with Gasteiger partial charge in [0, 0.05) is 6.54 Å². The molecule has 0 aromatic heterocycles. The van der Waals surface area contributed by atoms with Crippen molar-refractivity contribution in [1.29, 1.82) is 0 Å². The molecule has 1 N–H and O–H groups in total. The van der Waals surface area contributed by atoms with Gasteiger partial charge in [-0.1, -0.05) is 37.5 Å². The second kappa shape index (κ2) is 10.5. The van der Waals surface area contributed by atoms with Crippen LogP contribution in [0.25, 0.3) is 0 Å². The largest absolute Gasteiger partial charge is 0.494 e. The van der Waals surface area contributed by atoms with E-state index in [0.29, 0.717) is 30.5 Å². The number of carbonyl (C=O) groups is 1. The molecule has 2 aromatic carbocycles. The fourth-order valence-corrected chi connectivity index (χ4v) is 5.19. The summed E-state index contributed by atoms with van der Waals surface area (Å²) in [5.74, 6) is 0.835. The van der Waals surface area contributed by atoms with Gasteiger partial charge in [-0.3, -0.25) is 9.10 Å². The zero-order chi connectivity index (χ0) is 21.4. The summed E-state index contributed by atoms with van der Waals surface area (Å²) in [6.07, 6.45) is 5.88. The molecule has 0 radical (unpaired) electrons. The van der Waals surface area contributed by atoms with E-state index in [9.17, 15) is 13.2 Å². The van der Waals surface area contributed by atoms with Gasteiger partial charge in [-0.15, -0.1) is 0 Å². The number of rotatable bonds is 9. The lowest BCUT2D eigenvalue weighted by molar-refractivity contribution is -0.119. The summed E-state index contributed by atoms with van der Waals surface area (Å²) < 4.78 is 33.2. The maximum absolute atomic E-state index is 13.3. The van der Waals surface area contributed by atoms with Crippen LogP contribution in [-0.2, 0) is 14.8 Å². The van der Waals surface area contributed by atoms with Crippen LogP contribution >= 0.6 is 0 Å². The summed E-state index contributed by atoms with van der Waals surface area (Å²) in [6, 6.07) is 14.9. The summed E-state index contributed by atoms with van der Waals surface area (Å²) in [5, 5.41) is 2.94. The average Bonchev–Trinajstić information content (AvgIpc) is 2.78. The van der Waals surface area contributed by atoms with Crippen molar-refractivity contribution < 1.29 is 17.9 Å². The Labute approximate surface area is 179 Å². The highest BCUT2D eigenvalue weighted by Gasteiger charge is 2.27. The van der Waals surface area contributed by atoms with Gasteiger partial charge in [-0.05, 0) is 62.1 Å². The number of hydrogen-bond donors (Lipinski definition) is 1. The zero-order valence-corrected chi connectivity index (χ0v) is 18.2. The van der Waals surface area contributed by atoms with Crippen LogP contribution in [0.3, 0.4) is 0 Å². The minimum Gasteiger partial charge on any atom is -0.494 e. The van der Waals surface area contributed by atoms with Crippen LogP contribution in [0.2, 0.25) is 0 Å². The summed E-state index contributed by atoms with van der Waals surface area (Å²) in [4.78, 5) is 12.8. The minimum atomic E-state index is -3.89. The van der Waals surface area contributed by atoms with Gasteiger partial charge in [0.15, 0.2) is 0 Å². The first-order valence-electron chi connectivity index (χ1n) is 10.6. The highest BCUT2D eigenvalue weighted by molar-refractivity contribution is 7.92. The van der Waals surface area contributed by atoms with E-state index >= 15 is 0 Å². The highest BCUT2D eigenvalue weighted by atomic mass is 32.2. The van der Waals surface area contributed by atoms with E-state index in [2.05, 4.69) is 5.32 Å². The zero-order valence-electron chi connectivity index (χ0n) is 17.4. The molecule has 0 saturated heterocycles. The quantitative estimate of drug-likeness (QED) is 0.653. The van der Waals surface area contributed by atoms with Gasteiger partial charge in [0.05, 0.1) is 17.2 Å². The van der Waals surface area contributed by atoms with Crippen molar-refractivity contribution in [2.24, 2.45) is 5.92 Å². The third-order valence-corrected chi connectivity index (χ3v) is 7.15. The Kier molecular flexibility index (Phi) is 7.74. The van der Waals surface area contributed by atoms with Crippen molar-refractivity contribution in [1.82, 2.24) is 5.32 Å². The topological polar surface area (TPSA) is 75.7 Å². The molecule has 162 valence electrons. The molecular weight excluding hydrogens is 400 g/mol. The number of carbonyl (C=O) groups excluding carboxylic acids is 1. The van der Waals surface area contributed by atoms with Gasteiger partial charge in [0.2, 0.25) is 5.91 Å². The van der Waals surface area contributed by atoms with Gasteiger partial charge in [-0.25, -0.2) is 8.42 Å². The summed E-state index contributed by atoms with van der Waals surface area (Å²) in [7, 11) is -3.89. The third-order valence-electron chi connectivity index (χ3n) is 5.37. The molecule has 0 atom stereocenters. The van der Waals surface area contributed by atoms with Gasteiger partial charge in [0.25, 0.3) is 10.0 Å². The molecule has 3 rings (SSSR count). The molecular formula is C23H30N2O4S. The first-order chi connectivity index (χ1) is 14.5. The minimum absolute atomic E-state index is 0.152. The third kappa shape index (κ3) is 5.75. The molecule has 0 unspecified atom stereocenters. The first kappa shape index (κ1) is 22.2. The van der Waals surface area contributed by atoms with Gasteiger partial charge in [-0.2, -0.15) is 0 Å². The predicted molar refractivity (Wildman–Crippen MR) is 118 cm³/mol. The van der Waals surface area contributed by atoms with E-state index in [0.717, 1.165) is 17.1 Å². The van der Waals surface area contributed by atoms with Crippen LogP contribution in [0, 0.1) is 5.92 Å². The average molecular weight is 431 g/mol. The number of benzene rings is 2. The maximum atomic E-state index is 13.3. The van der Waals surface area contributed by atoms with Crippen LogP contribution in [-0.4, -0.2) is 34.0 Å². The normalized spacial score (nSPS) is 14.8. The molecule has 7 heteroatoms. The van der Waals surface area contributed by atoms with E-state index < -0.39 is 10.0 Å². The fourth-order valence-electron chi connectivity index (χ4n) is 3.75. The lowest BCUT2D eigenvalue weighted by Gasteiger charge is -2.26. The Morgan fingerprint density at radius 2 is 1.70 bits per heavy atom. The monoisotopic (exact) mass is 430 g/mol. The van der Waals surface area contributed by atoms with Gasteiger partial charge < -0.3 is 10.1 Å². The number of ether oxygens (including phenoxy) is 1. The Balaban J connectivity index is 1.79. The molecule has 1 fully saturated rings. The number of nitrogens with one attached hydrogen (secondary N) is 1. The predicted octanol–water partition coefficient (Wildman–Crippen LogP) is 3.98. The molecule has 2 aromatic rings. The second-order valence-electron chi connectivity index (χ2n) is 7.56. The molecule has 0 spiro atoms. The number of sulfonamides is 1. The Hall–Kier alpha value is -2.54. The lowest BCUT2D eigenvalue weighted by Crippen LogP contribution is -2.42. The molecule has 0 bridgehead atoms.